The van der Waals surface area contributed by atoms with Gasteiger partial charge in [-0.25, -0.2) is 0 Å². The molecule has 3 rings (SSSR count). The SMILES string of the molecule is Cc1ccccc1OP(=O)(Oc1ccccc1C)Oc1ccccc1C.[Gd].[H+]. The van der Waals surface area contributed by atoms with Crippen molar-refractivity contribution in [2.45, 2.75) is 20.8 Å². The summed E-state index contributed by atoms with van der Waals surface area (Å²) >= 11 is 0. The van der Waals surface area contributed by atoms with Gasteiger partial charge in [0, 0.05) is 39.9 Å². The molecule has 0 saturated carbocycles. The molecule has 0 radical (unpaired) electrons. The number of phosphoric ester groups is 1. The van der Waals surface area contributed by atoms with Gasteiger partial charge in [-0.2, -0.15) is 4.57 Å². The Morgan fingerprint density at radius 3 is 1.11 bits per heavy atom. The van der Waals surface area contributed by atoms with E-state index in [1.54, 1.807) is 18.2 Å². The molecule has 0 aromatic heterocycles. The fourth-order valence-corrected chi connectivity index (χ4v) is 3.84. The largest absolute Gasteiger partial charge is 1.00 e. The molecule has 0 N–H and O–H groups in total. The molecule has 0 atom stereocenters. The van der Waals surface area contributed by atoms with E-state index in [9.17, 15) is 4.57 Å². The molecule has 0 saturated heterocycles. The predicted octanol–water partition coefficient (Wildman–Crippen LogP) is 6.37. The maximum absolute atomic E-state index is 13.5. The van der Waals surface area contributed by atoms with Gasteiger partial charge in [-0.15, -0.1) is 0 Å². The third-order valence-corrected chi connectivity index (χ3v) is 5.17. The molecule has 6 heteroatoms. The summed E-state index contributed by atoms with van der Waals surface area (Å²) in [5, 5.41) is 0. The smallest absolute Gasteiger partial charge is 0.386 e. The topological polar surface area (TPSA) is 44.8 Å². The van der Waals surface area contributed by atoms with Crippen LogP contribution < -0.4 is 13.6 Å². The number of benzene rings is 3. The average Bonchev–Trinajstić information content (AvgIpc) is 2.61. The number of para-hydroxylation sites is 3. The van der Waals surface area contributed by atoms with Crippen LogP contribution >= 0.6 is 7.82 Å². The first-order valence-corrected chi connectivity index (χ1v) is 9.79. The van der Waals surface area contributed by atoms with Gasteiger partial charge >= 0.3 is 9.25 Å². The monoisotopic (exact) mass is 527 g/mol. The number of rotatable bonds is 6. The fourth-order valence-electron chi connectivity index (χ4n) is 2.39. The fraction of sp³-hybridized carbons (Fsp3) is 0.143. The third-order valence-electron chi connectivity index (χ3n) is 3.91. The van der Waals surface area contributed by atoms with Crippen molar-refractivity contribution in [1.82, 2.24) is 0 Å². The minimum atomic E-state index is -3.97. The Labute approximate surface area is 193 Å². The van der Waals surface area contributed by atoms with E-state index in [1.807, 2.05) is 75.4 Å². The second-order valence-electron chi connectivity index (χ2n) is 6.02. The van der Waals surface area contributed by atoms with Crippen LogP contribution in [0.4, 0.5) is 0 Å². The normalized spacial score (nSPS) is 10.6. The van der Waals surface area contributed by atoms with Gasteiger partial charge in [-0.3, -0.25) is 0 Å². The molecule has 0 unspecified atom stereocenters. The first-order valence-electron chi connectivity index (χ1n) is 8.32. The maximum atomic E-state index is 13.5. The zero-order chi connectivity index (χ0) is 18.6. The van der Waals surface area contributed by atoms with Gasteiger partial charge in [0.2, 0.25) is 0 Å². The molecule has 0 fully saturated rings. The molecule has 3 aromatic rings. The van der Waals surface area contributed by atoms with E-state index in [0.29, 0.717) is 17.2 Å². The Morgan fingerprint density at radius 2 is 0.852 bits per heavy atom. The van der Waals surface area contributed by atoms with Gasteiger partial charge in [-0.1, -0.05) is 54.6 Å². The molecule has 0 amide bonds. The first-order chi connectivity index (χ1) is 12.5. The Kier molecular flexibility index (Phi) is 7.87. The van der Waals surface area contributed by atoms with Gasteiger partial charge in [0.15, 0.2) is 0 Å². The van der Waals surface area contributed by atoms with Crippen molar-refractivity contribution in [1.29, 1.82) is 0 Å². The molecule has 4 nitrogen and oxygen atoms in total. The number of aryl methyl sites for hydroxylation is 3. The molecule has 0 bridgehead atoms. The molecular formula is C21H22GdO4P+. The van der Waals surface area contributed by atoms with Gasteiger partial charge in [0.05, 0.1) is 0 Å². The Bertz CT molecular complexity index is 842. The van der Waals surface area contributed by atoms with Crippen molar-refractivity contribution in [3.63, 3.8) is 0 Å². The summed E-state index contributed by atoms with van der Waals surface area (Å²) in [6.07, 6.45) is 0. The summed E-state index contributed by atoms with van der Waals surface area (Å²) in [5.41, 5.74) is 2.53. The summed E-state index contributed by atoms with van der Waals surface area (Å²) < 4.78 is 30.8. The van der Waals surface area contributed by atoms with Gasteiger partial charge in [0.1, 0.15) is 17.2 Å². The van der Waals surface area contributed by atoms with Crippen molar-refractivity contribution in [2.75, 3.05) is 0 Å². The number of phosphoric acid groups is 1. The molecular weight excluding hydrogens is 504 g/mol. The number of hydrogen-bond acceptors (Lipinski definition) is 4. The minimum Gasteiger partial charge on any atom is -0.386 e. The molecule has 0 aliphatic carbocycles. The van der Waals surface area contributed by atoms with Crippen molar-refractivity contribution >= 4 is 7.82 Å². The summed E-state index contributed by atoms with van der Waals surface area (Å²) in [5.74, 6) is 1.37. The Morgan fingerprint density at radius 1 is 0.593 bits per heavy atom. The van der Waals surface area contributed by atoms with Gasteiger partial charge in [0.25, 0.3) is 0 Å². The van der Waals surface area contributed by atoms with Crippen molar-refractivity contribution in [2.24, 2.45) is 0 Å². The van der Waals surface area contributed by atoms with Crippen molar-refractivity contribution in [3.05, 3.63) is 89.5 Å². The zero-order valence-corrected chi connectivity index (χ0v) is 18.5. The predicted molar refractivity (Wildman–Crippen MR) is 104 cm³/mol. The molecule has 142 valence electrons. The summed E-state index contributed by atoms with van der Waals surface area (Å²) in [7, 11) is -3.97. The second-order valence-corrected chi connectivity index (χ2v) is 7.46. The van der Waals surface area contributed by atoms with E-state index in [4.69, 9.17) is 13.6 Å². The average molecular weight is 527 g/mol. The van der Waals surface area contributed by atoms with E-state index in [0.717, 1.165) is 16.7 Å². The number of hydrogen-bond donors (Lipinski definition) is 0. The van der Waals surface area contributed by atoms with Gasteiger partial charge in [-0.05, 0) is 55.7 Å². The molecule has 0 heterocycles. The van der Waals surface area contributed by atoms with Crippen LogP contribution in [0.3, 0.4) is 0 Å². The van der Waals surface area contributed by atoms with E-state index in [2.05, 4.69) is 0 Å². The molecule has 27 heavy (non-hydrogen) atoms. The van der Waals surface area contributed by atoms with Crippen LogP contribution in [0.15, 0.2) is 72.8 Å². The van der Waals surface area contributed by atoms with Crippen molar-refractivity contribution in [3.8, 4) is 17.2 Å². The Balaban J connectivity index is 0.00000196. The van der Waals surface area contributed by atoms with E-state index >= 15 is 0 Å². The summed E-state index contributed by atoms with van der Waals surface area (Å²) in [4.78, 5) is 0. The van der Waals surface area contributed by atoms with Crippen LogP contribution in [0, 0.1) is 60.7 Å². The zero-order valence-electron chi connectivity index (χ0n) is 16.4. The van der Waals surface area contributed by atoms with E-state index < -0.39 is 7.82 Å². The molecule has 0 spiro atoms. The molecule has 3 aromatic carbocycles. The molecule has 0 aliphatic rings. The standard InChI is InChI=1S/C21H21O4P.Gd/c1-16-10-4-7-13-19(16)23-26(22,24-20-14-8-5-11-17(20)2)25-21-15-9-6-12-18(21)3;/h4-15H,1-3H3;/p+1. The molecule has 0 aliphatic heterocycles. The third kappa shape index (κ3) is 5.79. The summed E-state index contributed by atoms with van der Waals surface area (Å²) in [6, 6.07) is 22.0. The van der Waals surface area contributed by atoms with Crippen LogP contribution in [0.5, 0.6) is 17.2 Å². The maximum Gasteiger partial charge on any atom is 1.00 e. The minimum absolute atomic E-state index is 0. The van der Waals surface area contributed by atoms with Crippen LogP contribution in [0.25, 0.3) is 0 Å². The van der Waals surface area contributed by atoms with E-state index in [-0.39, 0.29) is 41.4 Å². The Hall–Kier alpha value is -1.39. The van der Waals surface area contributed by atoms with Crippen LogP contribution in [0.2, 0.25) is 0 Å². The van der Waals surface area contributed by atoms with Crippen molar-refractivity contribution < 1.29 is 59.5 Å². The van der Waals surface area contributed by atoms with Crippen LogP contribution in [0.1, 0.15) is 18.1 Å². The van der Waals surface area contributed by atoms with E-state index in [1.165, 1.54) is 0 Å². The summed E-state index contributed by atoms with van der Waals surface area (Å²) in [6.45, 7) is 5.63. The first kappa shape index (κ1) is 21.9. The van der Waals surface area contributed by atoms with Crippen LogP contribution in [-0.4, -0.2) is 0 Å². The van der Waals surface area contributed by atoms with Gasteiger partial charge < -0.3 is 13.6 Å². The second kappa shape index (κ2) is 9.70. The quantitative estimate of drug-likeness (QED) is 0.350. The van der Waals surface area contributed by atoms with Crippen LogP contribution in [-0.2, 0) is 4.57 Å².